The first kappa shape index (κ1) is 11.4. The van der Waals surface area contributed by atoms with Crippen LogP contribution in [-0.4, -0.2) is 28.5 Å². The summed E-state index contributed by atoms with van der Waals surface area (Å²) in [5, 5.41) is 5.95. The maximum Gasteiger partial charge on any atom is 0.223 e. The molecule has 1 amide bonds. The van der Waals surface area contributed by atoms with E-state index in [1.807, 2.05) is 0 Å². The zero-order valence-electron chi connectivity index (χ0n) is 9.23. The highest BCUT2D eigenvalue weighted by atomic mass is 16.1. The topological polar surface area (TPSA) is 131 Å². The largest absolute Gasteiger partial charge is 0.368 e. The molecule has 1 fully saturated rings. The van der Waals surface area contributed by atoms with Crippen molar-refractivity contribution in [3.63, 3.8) is 0 Å². The van der Waals surface area contributed by atoms with E-state index in [9.17, 15) is 4.79 Å². The number of anilines is 3. The molecule has 0 spiro atoms. The monoisotopic (exact) mass is 237 g/mol. The van der Waals surface area contributed by atoms with Gasteiger partial charge in [-0.1, -0.05) is 0 Å². The first-order valence-corrected chi connectivity index (χ1v) is 5.32. The number of nitrogens with one attached hydrogen (secondary N) is 3. The van der Waals surface area contributed by atoms with Gasteiger partial charge in [0.25, 0.3) is 0 Å². The van der Waals surface area contributed by atoms with Gasteiger partial charge in [0.15, 0.2) is 0 Å². The van der Waals surface area contributed by atoms with Crippen molar-refractivity contribution < 1.29 is 4.79 Å². The summed E-state index contributed by atoms with van der Waals surface area (Å²) in [6.07, 6.45) is 1.28. The van der Waals surface area contributed by atoms with Crippen molar-refractivity contribution in [3.05, 3.63) is 6.07 Å². The van der Waals surface area contributed by atoms with Crippen LogP contribution in [0.25, 0.3) is 0 Å². The molecular formula is C9H15N7O. The predicted octanol–water partition coefficient (Wildman–Crippen LogP) is -0.965. The molecule has 1 atom stereocenters. The number of hydrogen-bond acceptors (Lipinski definition) is 7. The fraction of sp³-hybridized carbons (Fsp3) is 0.444. The first-order chi connectivity index (χ1) is 8.17. The summed E-state index contributed by atoms with van der Waals surface area (Å²) in [6, 6.07) is 1.81. The molecule has 1 aromatic rings. The second-order valence-corrected chi connectivity index (χ2v) is 3.82. The summed E-state index contributed by atoms with van der Waals surface area (Å²) in [4.78, 5) is 18.9. The molecule has 8 nitrogen and oxygen atoms in total. The van der Waals surface area contributed by atoms with Crippen molar-refractivity contribution in [1.82, 2.24) is 15.3 Å². The Labute approximate surface area is 98.2 Å². The molecule has 1 aliphatic heterocycles. The number of piperidine rings is 1. The lowest BCUT2D eigenvalue weighted by Crippen LogP contribution is -2.42. The van der Waals surface area contributed by atoms with Crippen LogP contribution >= 0.6 is 0 Å². The molecule has 92 valence electrons. The van der Waals surface area contributed by atoms with Crippen LogP contribution in [0.15, 0.2) is 6.07 Å². The van der Waals surface area contributed by atoms with E-state index >= 15 is 0 Å². The number of hydrazine groups is 1. The zero-order chi connectivity index (χ0) is 12.3. The molecule has 1 aromatic heterocycles. The van der Waals surface area contributed by atoms with Crippen molar-refractivity contribution >= 4 is 23.5 Å². The second-order valence-electron chi connectivity index (χ2n) is 3.82. The zero-order valence-corrected chi connectivity index (χ0v) is 9.23. The van der Waals surface area contributed by atoms with E-state index < -0.39 is 0 Å². The van der Waals surface area contributed by atoms with Gasteiger partial charge in [-0.25, -0.2) is 5.84 Å². The molecule has 0 saturated carbocycles. The minimum Gasteiger partial charge on any atom is -0.368 e. The van der Waals surface area contributed by atoms with Gasteiger partial charge in [0.1, 0.15) is 11.6 Å². The predicted molar refractivity (Wildman–Crippen MR) is 63.9 cm³/mol. The Kier molecular flexibility index (Phi) is 3.24. The lowest BCUT2D eigenvalue weighted by Gasteiger charge is -2.24. The molecule has 0 bridgehead atoms. The minimum atomic E-state index is 0.0783. The number of carbonyl (C=O) groups excluding carboxylic acids is 1. The molecule has 1 saturated heterocycles. The van der Waals surface area contributed by atoms with Crippen LogP contribution in [0.4, 0.5) is 17.6 Å². The third kappa shape index (κ3) is 2.94. The van der Waals surface area contributed by atoms with Gasteiger partial charge in [0.2, 0.25) is 11.9 Å². The molecule has 1 unspecified atom stereocenters. The van der Waals surface area contributed by atoms with E-state index in [2.05, 4.69) is 26.0 Å². The fourth-order valence-electron chi connectivity index (χ4n) is 1.68. The Morgan fingerprint density at radius 1 is 1.41 bits per heavy atom. The quantitative estimate of drug-likeness (QED) is 0.338. The SMILES string of the molecule is NNc1cc(NC2CCC(=O)NC2)nc(N)n1. The Morgan fingerprint density at radius 3 is 2.82 bits per heavy atom. The van der Waals surface area contributed by atoms with E-state index in [4.69, 9.17) is 11.6 Å². The first-order valence-electron chi connectivity index (χ1n) is 5.32. The third-order valence-corrected chi connectivity index (χ3v) is 2.51. The van der Waals surface area contributed by atoms with Crippen LogP contribution in [-0.2, 0) is 4.79 Å². The summed E-state index contributed by atoms with van der Waals surface area (Å²) in [5.74, 6) is 6.51. The van der Waals surface area contributed by atoms with Crippen LogP contribution in [0.2, 0.25) is 0 Å². The average Bonchev–Trinajstić information content (AvgIpc) is 2.31. The van der Waals surface area contributed by atoms with Crippen molar-refractivity contribution in [2.75, 3.05) is 23.0 Å². The highest BCUT2D eigenvalue weighted by Gasteiger charge is 2.18. The van der Waals surface area contributed by atoms with Crippen LogP contribution in [0, 0.1) is 0 Å². The lowest BCUT2D eigenvalue weighted by molar-refractivity contribution is -0.122. The number of carbonyl (C=O) groups is 1. The van der Waals surface area contributed by atoms with Gasteiger partial charge in [-0.2, -0.15) is 9.97 Å². The smallest absolute Gasteiger partial charge is 0.223 e. The van der Waals surface area contributed by atoms with Gasteiger partial charge in [0, 0.05) is 25.1 Å². The molecule has 0 aromatic carbocycles. The number of nitrogens with zero attached hydrogens (tertiary/aromatic N) is 2. The summed E-state index contributed by atoms with van der Waals surface area (Å²) in [5.41, 5.74) is 7.95. The third-order valence-electron chi connectivity index (χ3n) is 2.51. The maximum absolute atomic E-state index is 11.0. The minimum absolute atomic E-state index is 0.0783. The standard InChI is InChI=1S/C9H15N7O/c10-9-14-6(3-7(15-9)16-11)13-5-1-2-8(17)12-4-5/h3,5H,1-2,4,11H2,(H,12,17)(H4,10,13,14,15,16). The Hall–Kier alpha value is -2.09. The molecule has 7 N–H and O–H groups in total. The number of aromatic nitrogens is 2. The van der Waals surface area contributed by atoms with Gasteiger partial charge in [-0.15, -0.1) is 0 Å². The van der Waals surface area contributed by atoms with Crippen molar-refractivity contribution in [3.8, 4) is 0 Å². The normalized spacial score (nSPS) is 19.6. The number of nitrogen functional groups attached to an aromatic ring is 2. The summed E-state index contributed by atoms with van der Waals surface area (Å²) >= 11 is 0. The second kappa shape index (κ2) is 4.83. The van der Waals surface area contributed by atoms with Gasteiger partial charge in [-0.05, 0) is 6.42 Å². The molecule has 2 rings (SSSR count). The van der Waals surface area contributed by atoms with Crippen molar-refractivity contribution in [2.45, 2.75) is 18.9 Å². The van der Waals surface area contributed by atoms with Gasteiger partial charge < -0.3 is 21.8 Å². The Balaban J connectivity index is 2.02. The maximum atomic E-state index is 11.0. The van der Waals surface area contributed by atoms with Crippen LogP contribution in [0.1, 0.15) is 12.8 Å². The lowest BCUT2D eigenvalue weighted by atomic mass is 10.1. The van der Waals surface area contributed by atoms with E-state index in [1.165, 1.54) is 0 Å². The number of hydrogen-bond donors (Lipinski definition) is 5. The summed E-state index contributed by atoms with van der Waals surface area (Å²) in [6.45, 7) is 0.578. The van der Waals surface area contributed by atoms with Gasteiger partial charge >= 0.3 is 0 Å². The van der Waals surface area contributed by atoms with Crippen LogP contribution < -0.4 is 27.6 Å². The van der Waals surface area contributed by atoms with E-state index in [-0.39, 0.29) is 17.9 Å². The van der Waals surface area contributed by atoms with Crippen molar-refractivity contribution in [1.29, 1.82) is 0 Å². The van der Waals surface area contributed by atoms with E-state index in [0.717, 1.165) is 6.42 Å². The molecule has 2 heterocycles. The Bertz CT molecular complexity index is 412. The number of amides is 1. The number of rotatable bonds is 3. The van der Waals surface area contributed by atoms with Gasteiger partial charge in [0.05, 0.1) is 0 Å². The summed E-state index contributed by atoms with van der Waals surface area (Å²) < 4.78 is 0. The number of nitrogens with two attached hydrogens (primary N) is 2. The molecule has 17 heavy (non-hydrogen) atoms. The van der Waals surface area contributed by atoms with E-state index in [1.54, 1.807) is 6.07 Å². The Morgan fingerprint density at radius 2 is 2.18 bits per heavy atom. The molecule has 0 radical (unpaired) electrons. The average molecular weight is 237 g/mol. The highest BCUT2D eigenvalue weighted by molar-refractivity contribution is 5.77. The van der Waals surface area contributed by atoms with Crippen LogP contribution in [0.3, 0.4) is 0 Å². The van der Waals surface area contributed by atoms with Gasteiger partial charge in [-0.3, -0.25) is 4.79 Å². The molecule has 1 aliphatic rings. The highest BCUT2D eigenvalue weighted by Crippen LogP contribution is 2.14. The molecule has 8 heteroatoms. The van der Waals surface area contributed by atoms with Crippen LogP contribution in [0.5, 0.6) is 0 Å². The van der Waals surface area contributed by atoms with E-state index in [0.29, 0.717) is 24.6 Å². The summed E-state index contributed by atoms with van der Waals surface area (Å²) in [7, 11) is 0. The molecular weight excluding hydrogens is 222 g/mol. The van der Waals surface area contributed by atoms with Crippen molar-refractivity contribution in [2.24, 2.45) is 5.84 Å². The molecule has 0 aliphatic carbocycles. The fourth-order valence-corrected chi connectivity index (χ4v) is 1.68.